The van der Waals surface area contributed by atoms with Crippen molar-refractivity contribution in [2.45, 2.75) is 25.8 Å². The molecule has 3 aromatic rings. The maximum atomic E-state index is 12.9. The van der Waals surface area contributed by atoms with Gasteiger partial charge < -0.3 is 24.3 Å². The van der Waals surface area contributed by atoms with Crippen molar-refractivity contribution in [3.05, 3.63) is 66.2 Å². The van der Waals surface area contributed by atoms with E-state index in [1.807, 2.05) is 24.3 Å². The molecule has 2 amide bonds. The van der Waals surface area contributed by atoms with Crippen LogP contribution in [-0.2, 0) is 16.1 Å². The third-order valence-corrected chi connectivity index (χ3v) is 5.41. The van der Waals surface area contributed by atoms with Gasteiger partial charge in [-0.2, -0.15) is 0 Å². The molecule has 4 rings (SSSR count). The van der Waals surface area contributed by atoms with Crippen LogP contribution in [0.3, 0.4) is 0 Å². The number of aromatic nitrogens is 2. The van der Waals surface area contributed by atoms with E-state index in [9.17, 15) is 9.59 Å². The van der Waals surface area contributed by atoms with E-state index in [2.05, 4.69) is 10.3 Å². The first kappa shape index (κ1) is 22.7. The third kappa shape index (κ3) is 6.26. The predicted octanol–water partition coefficient (Wildman–Crippen LogP) is 4.36. The first-order valence-electron chi connectivity index (χ1n) is 10.8. The number of hydrogen-bond donors (Lipinski definition) is 1. The molecule has 2 heterocycles. The number of halogens is 1. The molecule has 0 spiro atoms. The monoisotopic (exact) mass is 468 g/mol. The van der Waals surface area contributed by atoms with E-state index in [0.717, 1.165) is 19.3 Å². The van der Waals surface area contributed by atoms with Crippen molar-refractivity contribution in [2.75, 3.05) is 25.0 Å². The largest absolute Gasteiger partial charge is 0.490 e. The van der Waals surface area contributed by atoms with Crippen molar-refractivity contribution in [1.82, 2.24) is 14.5 Å². The summed E-state index contributed by atoms with van der Waals surface area (Å²) in [5.74, 6) is 1.10. The standard InChI is InChI=1S/C24H25ClN4O4/c25-18-8-9-20-19(14-18)27-23(30)15-29(24(31)16-28-12-10-26-17-28)11-4-1-5-13-32-21-6-2-3-7-22(21)33-20/h2-3,6-10,12,14,17H,1,4-5,11,13,15-16H2,(H,27,30). The van der Waals surface area contributed by atoms with Crippen LogP contribution in [0.4, 0.5) is 5.69 Å². The molecule has 172 valence electrons. The number of nitrogens with zero attached hydrogens (tertiary/aromatic N) is 3. The molecule has 0 aliphatic carbocycles. The number of amides is 2. The van der Waals surface area contributed by atoms with Gasteiger partial charge in [-0.1, -0.05) is 23.7 Å². The quantitative estimate of drug-likeness (QED) is 0.604. The minimum Gasteiger partial charge on any atom is -0.490 e. The van der Waals surface area contributed by atoms with Gasteiger partial charge in [0.15, 0.2) is 17.2 Å². The highest BCUT2D eigenvalue weighted by atomic mass is 35.5. The fourth-order valence-electron chi connectivity index (χ4n) is 3.52. The van der Waals surface area contributed by atoms with E-state index in [0.29, 0.717) is 41.1 Å². The molecule has 1 aromatic heterocycles. The van der Waals surface area contributed by atoms with Crippen molar-refractivity contribution in [1.29, 1.82) is 0 Å². The zero-order chi connectivity index (χ0) is 23.0. The maximum absolute atomic E-state index is 12.9. The molecule has 0 fully saturated rings. The van der Waals surface area contributed by atoms with Crippen LogP contribution in [0.5, 0.6) is 17.2 Å². The topological polar surface area (TPSA) is 85.7 Å². The molecule has 33 heavy (non-hydrogen) atoms. The van der Waals surface area contributed by atoms with Gasteiger partial charge in [-0.05, 0) is 49.6 Å². The first-order chi connectivity index (χ1) is 16.1. The van der Waals surface area contributed by atoms with Gasteiger partial charge in [0.2, 0.25) is 11.8 Å². The third-order valence-electron chi connectivity index (χ3n) is 5.18. The molecule has 9 heteroatoms. The Balaban J connectivity index is 1.57. The SMILES string of the molecule is O=C1CN(C(=O)Cn2ccnc2)CCCCCOc2ccccc2Oc2ccc(Cl)cc2N1. The second kappa shape index (κ2) is 10.9. The Kier molecular flexibility index (Phi) is 7.47. The van der Waals surface area contributed by atoms with Gasteiger partial charge in [0.05, 0.1) is 25.2 Å². The second-order valence-corrected chi connectivity index (χ2v) is 8.13. The van der Waals surface area contributed by atoms with Crippen LogP contribution in [0.2, 0.25) is 5.02 Å². The highest BCUT2D eigenvalue weighted by molar-refractivity contribution is 6.31. The van der Waals surface area contributed by atoms with Crippen LogP contribution in [0.25, 0.3) is 0 Å². The number of ether oxygens (including phenoxy) is 2. The highest BCUT2D eigenvalue weighted by Gasteiger charge is 2.19. The van der Waals surface area contributed by atoms with E-state index in [1.54, 1.807) is 46.4 Å². The summed E-state index contributed by atoms with van der Waals surface area (Å²) in [4.78, 5) is 31.3. The minimum atomic E-state index is -0.333. The molecule has 0 saturated carbocycles. The van der Waals surface area contributed by atoms with E-state index in [-0.39, 0.29) is 24.9 Å². The summed E-state index contributed by atoms with van der Waals surface area (Å²) in [6, 6.07) is 12.4. The summed E-state index contributed by atoms with van der Waals surface area (Å²) >= 11 is 6.17. The zero-order valence-corrected chi connectivity index (χ0v) is 18.8. The van der Waals surface area contributed by atoms with E-state index < -0.39 is 0 Å². The second-order valence-electron chi connectivity index (χ2n) is 7.70. The Morgan fingerprint density at radius 3 is 2.76 bits per heavy atom. The minimum absolute atomic E-state index is 0.0768. The molecule has 0 bridgehead atoms. The molecule has 0 unspecified atom stereocenters. The Morgan fingerprint density at radius 2 is 1.94 bits per heavy atom. The Bertz CT molecular complexity index is 1100. The van der Waals surface area contributed by atoms with Crippen molar-refractivity contribution < 1.29 is 19.1 Å². The normalized spacial score (nSPS) is 15.1. The lowest BCUT2D eigenvalue weighted by Gasteiger charge is -2.23. The number of benzene rings is 2. The van der Waals surface area contributed by atoms with Crippen LogP contribution < -0.4 is 14.8 Å². The summed E-state index contributed by atoms with van der Waals surface area (Å²) in [5.41, 5.74) is 0.416. The Hall–Kier alpha value is -3.52. The highest BCUT2D eigenvalue weighted by Crippen LogP contribution is 2.36. The molecule has 0 saturated heterocycles. The summed E-state index contributed by atoms with van der Waals surface area (Å²) < 4.78 is 13.7. The molecular weight excluding hydrogens is 444 g/mol. The Morgan fingerprint density at radius 1 is 1.09 bits per heavy atom. The van der Waals surface area contributed by atoms with E-state index >= 15 is 0 Å². The van der Waals surface area contributed by atoms with E-state index in [1.165, 1.54) is 0 Å². The van der Waals surface area contributed by atoms with Crippen LogP contribution >= 0.6 is 11.6 Å². The number of nitrogens with one attached hydrogen (secondary N) is 1. The predicted molar refractivity (Wildman–Crippen MR) is 125 cm³/mol. The zero-order valence-electron chi connectivity index (χ0n) is 18.1. The van der Waals surface area contributed by atoms with Crippen LogP contribution in [0.15, 0.2) is 61.2 Å². The van der Waals surface area contributed by atoms with Gasteiger partial charge in [0.25, 0.3) is 0 Å². The molecule has 1 N–H and O–H groups in total. The lowest BCUT2D eigenvalue weighted by Crippen LogP contribution is -2.40. The number of rotatable bonds is 2. The van der Waals surface area contributed by atoms with E-state index in [4.69, 9.17) is 21.1 Å². The summed E-state index contributed by atoms with van der Waals surface area (Å²) in [7, 11) is 0. The lowest BCUT2D eigenvalue weighted by molar-refractivity contribution is -0.135. The van der Waals surface area contributed by atoms with Crippen LogP contribution in [0, 0.1) is 0 Å². The van der Waals surface area contributed by atoms with Crippen LogP contribution in [0.1, 0.15) is 19.3 Å². The molecule has 0 radical (unpaired) electrons. The first-order valence-corrected chi connectivity index (χ1v) is 11.2. The van der Waals surface area contributed by atoms with Crippen molar-refractivity contribution >= 4 is 29.1 Å². The average molecular weight is 469 g/mol. The summed E-state index contributed by atoms with van der Waals surface area (Å²) in [5, 5.41) is 3.30. The van der Waals surface area contributed by atoms with Gasteiger partial charge in [-0.3, -0.25) is 9.59 Å². The number of para-hydroxylation sites is 2. The molecular formula is C24H25ClN4O4. The average Bonchev–Trinajstić information content (AvgIpc) is 3.30. The molecule has 2 aromatic carbocycles. The molecule has 0 atom stereocenters. The molecule has 1 aliphatic rings. The number of imidazole rings is 1. The maximum Gasteiger partial charge on any atom is 0.244 e. The van der Waals surface area contributed by atoms with Crippen molar-refractivity contribution in [3.8, 4) is 17.2 Å². The smallest absolute Gasteiger partial charge is 0.244 e. The fourth-order valence-corrected chi connectivity index (χ4v) is 3.69. The number of hydrogen-bond acceptors (Lipinski definition) is 5. The number of anilines is 1. The summed E-state index contributed by atoms with van der Waals surface area (Å²) in [6.07, 6.45) is 7.34. The van der Waals surface area contributed by atoms with Gasteiger partial charge in [-0.25, -0.2) is 4.98 Å². The number of fused-ring (bicyclic) bond motifs is 2. The van der Waals surface area contributed by atoms with Gasteiger partial charge in [0, 0.05) is 24.0 Å². The lowest BCUT2D eigenvalue weighted by atomic mass is 10.2. The van der Waals surface area contributed by atoms with Gasteiger partial charge in [0.1, 0.15) is 6.54 Å². The van der Waals surface area contributed by atoms with Gasteiger partial charge >= 0.3 is 0 Å². The van der Waals surface area contributed by atoms with Crippen molar-refractivity contribution in [2.24, 2.45) is 0 Å². The summed E-state index contributed by atoms with van der Waals surface area (Å²) in [6.45, 7) is 1.04. The fraction of sp³-hybridized carbons (Fsp3) is 0.292. The Labute approximate surface area is 197 Å². The molecule has 8 nitrogen and oxygen atoms in total. The number of carbonyl (C=O) groups excluding carboxylic acids is 2. The van der Waals surface area contributed by atoms with Crippen molar-refractivity contribution in [3.63, 3.8) is 0 Å². The number of carbonyl (C=O) groups is 2. The van der Waals surface area contributed by atoms with Gasteiger partial charge in [-0.15, -0.1) is 0 Å². The molecule has 1 aliphatic heterocycles. The van der Waals surface area contributed by atoms with Crippen LogP contribution in [-0.4, -0.2) is 46.0 Å².